The summed E-state index contributed by atoms with van der Waals surface area (Å²) >= 11 is 0. The van der Waals surface area contributed by atoms with Crippen molar-refractivity contribution in [2.24, 2.45) is 5.92 Å². The fourth-order valence-electron chi connectivity index (χ4n) is 6.79. The molecule has 400 valence electrons. The number of allylic oxidation sites excluding steroid dienone is 8. The maximum atomic E-state index is 12.7. The smallest absolute Gasteiger partial charge is 0.462 e. The molecule has 0 rings (SSSR count). The molecule has 0 spiro atoms. The predicted octanol–water partition coefficient (Wildman–Crippen LogP) is 11.9. The Morgan fingerprint density at radius 2 is 0.986 bits per heavy atom. The van der Waals surface area contributed by atoms with E-state index in [0.29, 0.717) is 32.1 Å². The summed E-state index contributed by atoms with van der Waals surface area (Å²) in [6, 6.07) is 0. The first kappa shape index (κ1) is 66.5. The highest BCUT2D eigenvalue weighted by atomic mass is 31.2. The van der Waals surface area contributed by atoms with Crippen LogP contribution in [0.15, 0.2) is 72.9 Å². The summed E-state index contributed by atoms with van der Waals surface area (Å²) in [4.78, 5) is 52.9. The first-order valence-corrected chi connectivity index (χ1v) is 28.7. The number of aliphatic hydroxyl groups is 3. The number of rotatable bonds is 47. The number of esters is 2. The molecule has 15 nitrogen and oxygen atoms in total. The molecule has 69 heavy (non-hydrogen) atoms. The lowest BCUT2D eigenvalue weighted by Gasteiger charge is -2.20. The van der Waals surface area contributed by atoms with Gasteiger partial charge in [-0.1, -0.05) is 209 Å². The van der Waals surface area contributed by atoms with Crippen molar-refractivity contribution in [3.05, 3.63) is 72.9 Å². The number of carbonyl (C=O) groups excluding carboxylic acids is 2. The van der Waals surface area contributed by atoms with Gasteiger partial charge in [-0.2, -0.15) is 0 Å². The molecule has 17 heteroatoms. The van der Waals surface area contributed by atoms with Gasteiger partial charge in [0.1, 0.15) is 12.7 Å². The van der Waals surface area contributed by atoms with E-state index in [2.05, 4.69) is 22.9 Å². The van der Waals surface area contributed by atoms with Crippen LogP contribution in [0.2, 0.25) is 0 Å². The number of hydrogen-bond donors (Lipinski definition) is 6. The minimum absolute atomic E-state index is 0.0518. The highest BCUT2D eigenvalue weighted by Crippen LogP contribution is 2.44. The standard InChI is InChI=1S/C52H92O15P2/c1-4-5-28-36-47(53)38-31-26-27-32-39-48(54)37-30-23-20-21-25-34-41-52(57)67-50(45-66-69(61,62)65-43-49(55)42-64-68(58,59)60)44-63-51(56)40-33-24-19-17-15-13-11-9-7-6-8-10-12-14-16-18-22-29-35-46(2)3/h5,21,23,25-28,30-32,38-39,46-50,53-55H,4,6-20,22,24,29,33-37,40-45H2,1-3H3,(H,61,62)(H2,58,59,60)/b25-21-,27-26-,28-5-,30-23-,38-31+,39-32+/t47-,48+,49-,50+/m0/s1. The molecule has 0 aromatic carbocycles. The summed E-state index contributed by atoms with van der Waals surface area (Å²) in [5.41, 5.74) is 0. The van der Waals surface area contributed by atoms with Crippen LogP contribution in [-0.2, 0) is 41.8 Å². The van der Waals surface area contributed by atoms with Crippen molar-refractivity contribution >= 4 is 27.6 Å². The fourth-order valence-corrected chi connectivity index (χ4v) is 7.95. The second-order valence-electron chi connectivity index (χ2n) is 17.9. The molecule has 0 aromatic rings. The third-order valence-electron chi connectivity index (χ3n) is 10.7. The first-order chi connectivity index (χ1) is 33.0. The average molecular weight is 1020 g/mol. The van der Waals surface area contributed by atoms with E-state index in [1.807, 2.05) is 37.3 Å². The quantitative estimate of drug-likeness (QED) is 0.0109. The average Bonchev–Trinajstić information content (AvgIpc) is 3.29. The molecule has 0 fully saturated rings. The van der Waals surface area contributed by atoms with Crippen molar-refractivity contribution in [1.82, 2.24) is 0 Å². The molecule has 5 atom stereocenters. The Hall–Kier alpha value is -2.52. The number of phosphoric acid groups is 2. The highest BCUT2D eigenvalue weighted by Gasteiger charge is 2.28. The molecule has 0 aliphatic carbocycles. The van der Waals surface area contributed by atoms with E-state index in [-0.39, 0.29) is 12.8 Å². The van der Waals surface area contributed by atoms with E-state index < -0.39 is 78.4 Å². The Bertz CT molecular complexity index is 1540. The first-order valence-electron chi connectivity index (χ1n) is 25.7. The second kappa shape index (κ2) is 45.4. The third-order valence-corrected chi connectivity index (χ3v) is 12.1. The zero-order chi connectivity index (χ0) is 51.3. The van der Waals surface area contributed by atoms with Crippen LogP contribution >= 0.6 is 15.6 Å². The van der Waals surface area contributed by atoms with E-state index in [9.17, 15) is 38.9 Å². The monoisotopic (exact) mass is 1020 g/mol. The number of unbranched alkanes of at least 4 members (excludes halogenated alkanes) is 17. The van der Waals surface area contributed by atoms with Crippen LogP contribution in [0.25, 0.3) is 0 Å². The molecule has 0 amide bonds. The van der Waals surface area contributed by atoms with Crippen molar-refractivity contribution in [2.75, 3.05) is 26.4 Å². The van der Waals surface area contributed by atoms with Crippen LogP contribution in [0.5, 0.6) is 0 Å². The van der Waals surface area contributed by atoms with Crippen LogP contribution in [0.3, 0.4) is 0 Å². The largest absolute Gasteiger partial charge is 0.472 e. The molecular formula is C52H92O15P2. The van der Waals surface area contributed by atoms with E-state index >= 15 is 0 Å². The Morgan fingerprint density at radius 3 is 1.49 bits per heavy atom. The summed E-state index contributed by atoms with van der Waals surface area (Å²) < 4.78 is 47.8. The zero-order valence-corrected chi connectivity index (χ0v) is 44.1. The van der Waals surface area contributed by atoms with Crippen LogP contribution in [0.1, 0.15) is 188 Å². The van der Waals surface area contributed by atoms with Gasteiger partial charge < -0.3 is 39.5 Å². The molecule has 0 saturated heterocycles. The second-order valence-corrected chi connectivity index (χ2v) is 20.6. The maximum absolute atomic E-state index is 12.7. The van der Waals surface area contributed by atoms with Gasteiger partial charge in [-0.15, -0.1) is 0 Å². The Balaban J connectivity index is 4.59. The Labute approximate surface area is 415 Å². The maximum Gasteiger partial charge on any atom is 0.472 e. The normalized spacial score (nSPS) is 15.4. The SMILES string of the molecule is CC/C=C\C[C@H](O)/C=C/C=C\C=C\[C@H](O)C/C=C\C/C=C\CCC(=O)O[C@H](COC(=O)CCCCCCCCCCCCCCCCCCCCC(C)C)COP(=O)(O)OC[C@@H](O)COP(=O)(O)O. The molecule has 0 aromatic heterocycles. The Kier molecular flexibility index (Phi) is 43.7. The van der Waals surface area contributed by atoms with E-state index in [1.165, 1.54) is 96.3 Å². The topological polar surface area (TPSA) is 236 Å². The molecule has 0 aliphatic rings. The summed E-state index contributed by atoms with van der Waals surface area (Å²) in [6.07, 6.45) is 44.0. The zero-order valence-electron chi connectivity index (χ0n) is 42.3. The van der Waals surface area contributed by atoms with Gasteiger partial charge in [-0.25, -0.2) is 9.13 Å². The highest BCUT2D eigenvalue weighted by molar-refractivity contribution is 7.47. The van der Waals surface area contributed by atoms with E-state index in [1.54, 1.807) is 42.5 Å². The number of aliphatic hydroxyl groups excluding tert-OH is 3. The van der Waals surface area contributed by atoms with Gasteiger partial charge in [0.25, 0.3) is 0 Å². The van der Waals surface area contributed by atoms with Gasteiger partial charge in [-0.05, 0) is 44.4 Å². The van der Waals surface area contributed by atoms with Crippen molar-refractivity contribution in [3.63, 3.8) is 0 Å². The van der Waals surface area contributed by atoms with Crippen LogP contribution in [-0.4, -0.2) is 92.8 Å². The fraction of sp³-hybridized carbons (Fsp3) is 0.731. The number of ether oxygens (including phenoxy) is 2. The van der Waals surface area contributed by atoms with Crippen molar-refractivity contribution in [2.45, 2.75) is 212 Å². The van der Waals surface area contributed by atoms with Crippen LogP contribution < -0.4 is 0 Å². The summed E-state index contributed by atoms with van der Waals surface area (Å²) in [5, 5.41) is 29.8. The van der Waals surface area contributed by atoms with Gasteiger partial charge in [0.15, 0.2) is 6.10 Å². The minimum Gasteiger partial charge on any atom is -0.462 e. The lowest BCUT2D eigenvalue weighted by molar-refractivity contribution is -0.161. The van der Waals surface area contributed by atoms with Crippen molar-refractivity contribution in [3.8, 4) is 0 Å². The third kappa shape index (κ3) is 50.2. The molecule has 0 heterocycles. The lowest BCUT2D eigenvalue weighted by atomic mass is 10.0. The van der Waals surface area contributed by atoms with Gasteiger partial charge in [0, 0.05) is 12.8 Å². The van der Waals surface area contributed by atoms with Crippen LogP contribution in [0.4, 0.5) is 0 Å². The van der Waals surface area contributed by atoms with E-state index in [4.69, 9.17) is 23.8 Å². The van der Waals surface area contributed by atoms with Gasteiger partial charge >= 0.3 is 27.6 Å². The van der Waals surface area contributed by atoms with Gasteiger partial charge in [0.2, 0.25) is 0 Å². The molecule has 1 unspecified atom stereocenters. The van der Waals surface area contributed by atoms with Crippen LogP contribution in [0, 0.1) is 5.92 Å². The molecular weight excluding hydrogens is 927 g/mol. The molecule has 0 bridgehead atoms. The van der Waals surface area contributed by atoms with Gasteiger partial charge in [-0.3, -0.25) is 23.2 Å². The molecule has 0 radical (unpaired) electrons. The Morgan fingerprint density at radius 1 is 0.522 bits per heavy atom. The molecule has 0 saturated carbocycles. The number of phosphoric ester groups is 2. The summed E-state index contributed by atoms with van der Waals surface area (Å²) in [7, 11) is -9.76. The summed E-state index contributed by atoms with van der Waals surface area (Å²) in [6.45, 7) is 3.74. The predicted molar refractivity (Wildman–Crippen MR) is 274 cm³/mol. The number of hydrogen-bond acceptors (Lipinski definition) is 12. The molecule has 0 aliphatic heterocycles. The van der Waals surface area contributed by atoms with Crippen molar-refractivity contribution < 1.29 is 71.8 Å². The van der Waals surface area contributed by atoms with Gasteiger partial charge in [0.05, 0.1) is 32.0 Å². The number of carbonyl (C=O) groups is 2. The molecule has 6 N–H and O–H groups in total. The summed E-state index contributed by atoms with van der Waals surface area (Å²) in [5.74, 6) is -0.370. The van der Waals surface area contributed by atoms with E-state index in [0.717, 1.165) is 31.6 Å². The minimum atomic E-state index is -4.89. The van der Waals surface area contributed by atoms with Crippen molar-refractivity contribution in [1.29, 1.82) is 0 Å². The lowest BCUT2D eigenvalue weighted by Crippen LogP contribution is -2.29.